The molecule has 0 spiro atoms. The smallest absolute Gasteiger partial charge is 0.416 e. The van der Waals surface area contributed by atoms with Crippen LogP contribution in [-0.4, -0.2) is 31.2 Å². The van der Waals surface area contributed by atoms with Crippen LogP contribution in [0.1, 0.15) is 54.5 Å². The number of hydrogen-bond acceptors (Lipinski definition) is 3. The minimum Gasteiger partial charge on any atom is -0.453 e. The van der Waals surface area contributed by atoms with Crippen LogP contribution in [0.4, 0.5) is 50.0 Å². The van der Waals surface area contributed by atoms with Crippen molar-refractivity contribution in [3.8, 4) is 0 Å². The van der Waals surface area contributed by atoms with E-state index in [1.165, 1.54) is 6.07 Å². The number of carbonyl (C=O) groups excluding carboxylic acids is 1. The minimum absolute atomic E-state index is 0.00939. The molecule has 0 atom stereocenters. The summed E-state index contributed by atoms with van der Waals surface area (Å²) in [5.41, 5.74) is -4.34. The maximum atomic E-state index is 13.5. The fraction of sp³-hybridized carbons (Fsp3) is 0.480. The van der Waals surface area contributed by atoms with Gasteiger partial charge in [0.2, 0.25) is 0 Å². The Bertz CT molecular complexity index is 1060. The Morgan fingerprint density at radius 3 is 1.66 bits per heavy atom. The number of carbonyl (C=O) groups is 1. The van der Waals surface area contributed by atoms with Gasteiger partial charge in [-0.25, -0.2) is 4.79 Å². The van der Waals surface area contributed by atoms with Gasteiger partial charge >= 0.3 is 24.6 Å². The van der Waals surface area contributed by atoms with Gasteiger partial charge in [-0.15, -0.1) is 0 Å². The average Bonchev–Trinajstić information content (AvgIpc) is 2.81. The van der Waals surface area contributed by atoms with Gasteiger partial charge < -0.3 is 9.64 Å². The Hall–Kier alpha value is -3.12. The van der Waals surface area contributed by atoms with Crippen molar-refractivity contribution in [3.05, 3.63) is 64.2 Å². The Balaban J connectivity index is 2.62. The first-order valence-corrected chi connectivity index (χ1v) is 11.6. The predicted octanol–water partition coefficient (Wildman–Crippen LogP) is 8.14. The number of anilines is 1. The van der Waals surface area contributed by atoms with Crippen molar-refractivity contribution >= 4 is 11.8 Å². The average molecular weight is 558 g/mol. The van der Waals surface area contributed by atoms with E-state index in [-0.39, 0.29) is 11.6 Å². The fourth-order valence-corrected chi connectivity index (χ4v) is 3.94. The monoisotopic (exact) mass is 558 g/mol. The third-order valence-electron chi connectivity index (χ3n) is 5.55. The first-order chi connectivity index (χ1) is 17.5. The highest BCUT2D eigenvalue weighted by Gasteiger charge is 2.37. The number of nitrogens with zero attached hydrogens (tertiary/aromatic N) is 2. The van der Waals surface area contributed by atoms with Gasteiger partial charge in [0, 0.05) is 25.3 Å². The summed E-state index contributed by atoms with van der Waals surface area (Å²) in [7, 11) is 0.941. The van der Waals surface area contributed by atoms with Crippen LogP contribution in [-0.2, 0) is 36.4 Å². The van der Waals surface area contributed by atoms with E-state index >= 15 is 0 Å². The number of hydrogen-bond donors (Lipinski definition) is 0. The summed E-state index contributed by atoms with van der Waals surface area (Å²) in [6, 6.07) is 3.80. The lowest BCUT2D eigenvalue weighted by Gasteiger charge is -2.30. The first-order valence-electron chi connectivity index (χ1n) is 11.6. The van der Waals surface area contributed by atoms with Crippen LogP contribution in [0.5, 0.6) is 0 Å². The third-order valence-corrected chi connectivity index (χ3v) is 5.55. The summed E-state index contributed by atoms with van der Waals surface area (Å²) >= 11 is 0. The molecule has 0 saturated carbocycles. The van der Waals surface area contributed by atoms with E-state index in [1.807, 2.05) is 13.8 Å². The molecule has 2 aromatic carbocycles. The van der Waals surface area contributed by atoms with Crippen LogP contribution < -0.4 is 4.90 Å². The molecule has 212 valence electrons. The summed E-state index contributed by atoms with van der Waals surface area (Å²) in [4.78, 5) is 15.1. The lowest BCUT2D eigenvalue weighted by molar-refractivity contribution is -0.143. The Labute approximate surface area is 214 Å². The van der Waals surface area contributed by atoms with Crippen molar-refractivity contribution in [1.29, 1.82) is 0 Å². The molecular formula is C25H27F9N2O2. The molecule has 2 rings (SSSR count). The summed E-state index contributed by atoms with van der Waals surface area (Å²) in [5.74, 6) is 0. The van der Waals surface area contributed by atoms with E-state index in [4.69, 9.17) is 0 Å². The highest BCUT2D eigenvalue weighted by Crippen LogP contribution is 2.37. The van der Waals surface area contributed by atoms with Crippen LogP contribution in [0.3, 0.4) is 0 Å². The van der Waals surface area contributed by atoms with Gasteiger partial charge in [0.1, 0.15) is 0 Å². The number of amides is 1. The zero-order valence-electron chi connectivity index (χ0n) is 20.8. The van der Waals surface area contributed by atoms with Crippen molar-refractivity contribution in [2.75, 3.05) is 25.1 Å². The van der Waals surface area contributed by atoms with Crippen LogP contribution in [0.15, 0.2) is 36.4 Å². The van der Waals surface area contributed by atoms with Gasteiger partial charge in [-0.1, -0.05) is 13.8 Å². The van der Waals surface area contributed by atoms with Gasteiger partial charge in [0.25, 0.3) is 0 Å². The second kappa shape index (κ2) is 12.2. The first kappa shape index (κ1) is 31.1. The van der Waals surface area contributed by atoms with Crippen molar-refractivity contribution in [2.24, 2.45) is 0 Å². The fourth-order valence-electron chi connectivity index (χ4n) is 3.94. The third kappa shape index (κ3) is 8.19. The number of benzene rings is 2. The number of methoxy groups -OCH3 is 1. The van der Waals surface area contributed by atoms with Crippen LogP contribution in [0.2, 0.25) is 0 Å². The Morgan fingerprint density at radius 2 is 1.24 bits per heavy atom. The summed E-state index contributed by atoms with van der Waals surface area (Å²) < 4.78 is 125. The number of rotatable bonds is 9. The van der Waals surface area contributed by atoms with Crippen molar-refractivity contribution < 1.29 is 49.0 Å². The topological polar surface area (TPSA) is 32.8 Å². The van der Waals surface area contributed by atoms with Crippen molar-refractivity contribution in [2.45, 2.75) is 58.3 Å². The lowest BCUT2D eigenvalue weighted by atomic mass is 10.0. The predicted molar refractivity (Wildman–Crippen MR) is 122 cm³/mol. The zero-order valence-corrected chi connectivity index (χ0v) is 20.8. The molecule has 2 aromatic rings. The van der Waals surface area contributed by atoms with E-state index in [0.29, 0.717) is 43.8 Å². The van der Waals surface area contributed by atoms with E-state index in [2.05, 4.69) is 4.74 Å². The van der Waals surface area contributed by atoms with Gasteiger partial charge in [-0.2, -0.15) is 39.5 Å². The molecule has 0 aliphatic rings. The van der Waals surface area contributed by atoms with E-state index < -0.39 is 60.0 Å². The maximum Gasteiger partial charge on any atom is 0.416 e. The van der Waals surface area contributed by atoms with Crippen LogP contribution >= 0.6 is 0 Å². The summed E-state index contributed by atoms with van der Waals surface area (Å²) in [6.45, 7) is 3.31. The molecule has 0 aromatic heterocycles. The molecule has 0 radical (unpaired) electrons. The van der Waals surface area contributed by atoms with Crippen molar-refractivity contribution in [3.63, 3.8) is 0 Å². The molecule has 0 aliphatic carbocycles. The Morgan fingerprint density at radius 1 is 0.737 bits per heavy atom. The van der Waals surface area contributed by atoms with Crippen LogP contribution in [0.25, 0.3) is 0 Å². The molecule has 0 unspecified atom stereocenters. The SMILES string of the molecule is CCCN(CCC)c1ccc(C(F)(F)F)cc1CN(Cc1cc(C(F)(F)F)cc(C(F)(F)F)c1)C(=O)OC. The molecule has 1 amide bonds. The molecule has 0 bridgehead atoms. The normalized spacial score (nSPS) is 12.4. The number of alkyl halides is 9. The largest absolute Gasteiger partial charge is 0.453 e. The van der Waals surface area contributed by atoms with E-state index in [9.17, 15) is 44.3 Å². The molecule has 0 fully saturated rings. The molecule has 4 nitrogen and oxygen atoms in total. The van der Waals surface area contributed by atoms with E-state index in [0.717, 1.165) is 24.1 Å². The number of halogens is 9. The molecular weight excluding hydrogens is 531 g/mol. The van der Waals surface area contributed by atoms with Gasteiger partial charge in [-0.05, 0) is 60.4 Å². The molecule has 38 heavy (non-hydrogen) atoms. The van der Waals surface area contributed by atoms with Gasteiger partial charge in [0.05, 0.1) is 30.3 Å². The molecule has 13 heteroatoms. The molecule has 0 aliphatic heterocycles. The molecule has 0 N–H and O–H groups in total. The molecule has 0 saturated heterocycles. The minimum atomic E-state index is -5.11. The second-order valence-electron chi connectivity index (χ2n) is 8.57. The van der Waals surface area contributed by atoms with Gasteiger partial charge in [0.15, 0.2) is 0 Å². The lowest BCUT2D eigenvalue weighted by Crippen LogP contribution is -2.32. The highest BCUT2D eigenvalue weighted by molar-refractivity contribution is 5.68. The van der Waals surface area contributed by atoms with Crippen molar-refractivity contribution in [1.82, 2.24) is 4.90 Å². The highest BCUT2D eigenvalue weighted by atomic mass is 19.4. The Kier molecular flexibility index (Phi) is 9.95. The van der Waals surface area contributed by atoms with Gasteiger partial charge in [-0.3, -0.25) is 4.90 Å². The van der Waals surface area contributed by atoms with E-state index in [1.54, 1.807) is 4.90 Å². The maximum absolute atomic E-state index is 13.5. The standard InChI is InChI=1S/C25H27F9N2O2/c1-4-8-35(9-5-2)21-7-6-18(23(26,27)28)12-17(21)15-36(22(37)38-3)14-16-10-19(24(29,30)31)13-20(11-16)25(32,33)34/h6-7,10-13H,4-5,8-9,14-15H2,1-3H3. The quantitative estimate of drug-likeness (QED) is 0.291. The molecule has 0 heterocycles. The zero-order chi connectivity index (χ0) is 28.9. The summed E-state index contributed by atoms with van der Waals surface area (Å²) in [6.07, 6.45) is -14.8. The second-order valence-corrected chi connectivity index (χ2v) is 8.57. The summed E-state index contributed by atoms with van der Waals surface area (Å²) in [5, 5.41) is 0. The van der Waals surface area contributed by atoms with Crippen LogP contribution in [0, 0.1) is 0 Å². The number of ether oxygens (including phenoxy) is 1.